The van der Waals surface area contributed by atoms with Crippen LogP contribution in [0.25, 0.3) is 5.65 Å². The summed E-state index contributed by atoms with van der Waals surface area (Å²) in [5.41, 5.74) is -1.19. The van der Waals surface area contributed by atoms with E-state index in [9.17, 15) is 23.1 Å². The van der Waals surface area contributed by atoms with E-state index in [1.54, 1.807) is 0 Å². The van der Waals surface area contributed by atoms with Gasteiger partial charge < -0.3 is 14.6 Å². The molecule has 102 valence electrons. The summed E-state index contributed by atoms with van der Waals surface area (Å²) in [5.74, 6) is -1.37. The van der Waals surface area contributed by atoms with Crippen LogP contribution in [0.15, 0.2) is 22.9 Å². The van der Waals surface area contributed by atoms with Crippen LogP contribution in [-0.4, -0.2) is 31.7 Å². The molecule has 2 aromatic heterocycles. The van der Waals surface area contributed by atoms with Gasteiger partial charge in [-0.25, -0.2) is 9.78 Å². The second kappa shape index (κ2) is 4.49. The van der Waals surface area contributed by atoms with Crippen LogP contribution >= 0.6 is 15.9 Å². The third kappa shape index (κ3) is 2.56. The summed E-state index contributed by atoms with van der Waals surface area (Å²) in [7, 11) is 0. The Balaban J connectivity index is 2.69. The Hall–Kier alpha value is -1.61. The highest BCUT2D eigenvalue weighted by atomic mass is 79.9. The van der Waals surface area contributed by atoms with Crippen LogP contribution < -0.4 is 0 Å². The van der Waals surface area contributed by atoms with E-state index in [-0.39, 0.29) is 10.1 Å². The molecule has 0 radical (unpaired) electrons. The summed E-state index contributed by atoms with van der Waals surface area (Å²) in [4.78, 5) is 14.3. The fourth-order valence-corrected chi connectivity index (χ4v) is 2.04. The average Bonchev–Trinajstić information content (AvgIpc) is 2.69. The zero-order valence-electron chi connectivity index (χ0n) is 9.02. The Morgan fingerprint density at radius 1 is 1.42 bits per heavy atom. The Labute approximate surface area is 112 Å². The van der Waals surface area contributed by atoms with Crippen LogP contribution in [0.4, 0.5) is 13.2 Å². The number of nitrogens with zero attached hydrogens (tertiary/aromatic N) is 2. The molecule has 0 unspecified atom stereocenters. The molecule has 0 aliphatic heterocycles. The average molecular weight is 339 g/mol. The monoisotopic (exact) mass is 338 g/mol. The SMILES string of the molecule is O=C(O)c1cn2cc(Br)cc([C@H](O)C(F)(F)F)c2n1. The highest BCUT2D eigenvalue weighted by Crippen LogP contribution is 2.35. The van der Waals surface area contributed by atoms with Crippen molar-refractivity contribution < 1.29 is 28.2 Å². The van der Waals surface area contributed by atoms with Crippen molar-refractivity contribution in [1.82, 2.24) is 9.38 Å². The van der Waals surface area contributed by atoms with E-state index in [0.717, 1.165) is 16.7 Å². The van der Waals surface area contributed by atoms with Crippen LogP contribution in [0.2, 0.25) is 0 Å². The number of rotatable bonds is 2. The van der Waals surface area contributed by atoms with E-state index >= 15 is 0 Å². The first-order valence-corrected chi connectivity index (χ1v) is 5.65. The third-order valence-corrected chi connectivity index (χ3v) is 2.80. The van der Waals surface area contributed by atoms with Crippen molar-refractivity contribution in [2.24, 2.45) is 0 Å². The lowest BCUT2D eigenvalue weighted by atomic mass is 10.1. The lowest BCUT2D eigenvalue weighted by Gasteiger charge is -2.15. The van der Waals surface area contributed by atoms with E-state index in [1.807, 2.05) is 0 Å². The number of imidazole rings is 1. The van der Waals surface area contributed by atoms with Crippen molar-refractivity contribution in [3.8, 4) is 0 Å². The van der Waals surface area contributed by atoms with Gasteiger partial charge in [-0.1, -0.05) is 0 Å². The van der Waals surface area contributed by atoms with Crippen LogP contribution in [0.5, 0.6) is 0 Å². The van der Waals surface area contributed by atoms with Gasteiger partial charge in [0.15, 0.2) is 11.8 Å². The molecule has 0 saturated carbocycles. The van der Waals surface area contributed by atoms with E-state index in [2.05, 4.69) is 20.9 Å². The molecule has 1 atom stereocenters. The number of fused-ring (bicyclic) bond motifs is 1. The summed E-state index contributed by atoms with van der Waals surface area (Å²) in [6, 6.07) is 1.05. The first-order valence-electron chi connectivity index (χ1n) is 4.86. The van der Waals surface area contributed by atoms with Crippen molar-refractivity contribution in [2.75, 3.05) is 0 Å². The van der Waals surface area contributed by atoms with Crippen molar-refractivity contribution in [2.45, 2.75) is 12.3 Å². The number of aliphatic hydroxyl groups excluding tert-OH is 1. The number of carbonyl (C=O) groups is 1. The molecule has 2 N–H and O–H groups in total. The second-order valence-electron chi connectivity index (χ2n) is 3.72. The van der Waals surface area contributed by atoms with E-state index in [4.69, 9.17) is 5.11 Å². The number of aliphatic hydroxyl groups is 1. The Kier molecular flexibility index (Phi) is 3.27. The number of carboxylic acid groups (broad SMARTS) is 1. The van der Waals surface area contributed by atoms with E-state index in [0.29, 0.717) is 0 Å². The van der Waals surface area contributed by atoms with Gasteiger partial charge in [-0.2, -0.15) is 13.2 Å². The normalized spacial score (nSPS) is 13.7. The number of aromatic carboxylic acids is 1. The van der Waals surface area contributed by atoms with Gasteiger partial charge in [0.05, 0.1) is 0 Å². The van der Waals surface area contributed by atoms with Crippen LogP contribution in [0.3, 0.4) is 0 Å². The maximum Gasteiger partial charge on any atom is 0.418 e. The zero-order valence-corrected chi connectivity index (χ0v) is 10.6. The highest BCUT2D eigenvalue weighted by molar-refractivity contribution is 9.10. The molecule has 0 saturated heterocycles. The minimum atomic E-state index is -4.86. The predicted octanol–water partition coefficient (Wildman–Crippen LogP) is 2.39. The fraction of sp³-hybridized carbons (Fsp3) is 0.200. The van der Waals surface area contributed by atoms with Crippen LogP contribution in [-0.2, 0) is 0 Å². The van der Waals surface area contributed by atoms with Gasteiger partial charge in [0, 0.05) is 22.4 Å². The van der Waals surface area contributed by atoms with Crippen molar-refractivity contribution in [3.63, 3.8) is 0 Å². The number of carboxylic acids is 1. The number of pyridine rings is 1. The number of halogens is 4. The Bertz CT molecular complexity index is 653. The lowest BCUT2D eigenvalue weighted by molar-refractivity contribution is -0.206. The molecular weight excluding hydrogens is 333 g/mol. The molecular formula is C10H6BrF3N2O3. The molecule has 0 bridgehead atoms. The lowest BCUT2D eigenvalue weighted by Crippen LogP contribution is -2.21. The predicted molar refractivity (Wildman–Crippen MR) is 60.9 cm³/mol. The smallest absolute Gasteiger partial charge is 0.418 e. The third-order valence-electron chi connectivity index (χ3n) is 2.37. The standard InChI is InChI=1S/C10H6BrF3N2O3/c11-4-1-5(7(17)10(12,13)14)8-15-6(9(18)19)3-16(8)2-4/h1-3,7,17H,(H,18,19)/t7-/m0/s1. The Morgan fingerprint density at radius 2 is 2.05 bits per heavy atom. The maximum absolute atomic E-state index is 12.5. The minimum absolute atomic E-state index is 0.257. The summed E-state index contributed by atoms with van der Waals surface area (Å²) in [6.45, 7) is 0. The van der Waals surface area contributed by atoms with Crippen molar-refractivity contribution in [3.05, 3.63) is 34.2 Å². The van der Waals surface area contributed by atoms with E-state index < -0.39 is 29.5 Å². The molecule has 9 heteroatoms. The number of alkyl halides is 3. The fourth-order valence-electron chi connectivity index (χ4n) is 1.57. The molecule has 5 nitrogen and oxygen atoms in total. The van der Waals surface area contributed by atoms with Gasteiger partial charge in [0.25, 0.3) is 0 Å². The molecule has 0 aliphatic carbocycles. The largest absolute Gasteiger partial charge is 0.476 e. The number of hydrogen-bond donors (Lipinski definition) is 2. The number of aromatic nitrogens is 2. The molecule has 0 spiro atoms. The number of hydrogen-bond acceptors (Lipinski definition) is 3. The molecule has 0 amide bonds. The summed E-state index contributed by atoms with van der Waals surface area (Å²) >= 11 is 2.99. The molecule has 0 aromatic carbocycles. The van der Waals surface area contributed by atoms with Gasteiger partial charge in [-0.3, -0.25) is 0 Å². The molecule has 2 aromatic rings. The molecule has 0 fully saturated rings. The molecule has 2 rings (SSSR count). The van der Waals surface area contributed by atoms with Gasteiger partial charge in [0.1, 0.15) is 5.65 Å². The topological polar surface area (TPSA) is 74.8 Å². The second-order valence-corrected chi connectivity index (χ2v) is 4.64. The van der Waals surface area contributed by atoms with Crippen LogP contribution in [0, 0.1) is 0 Å². The van der Waals surface area contributed by atoms with Gasteiger partial charge in [-0.15, -0.1) is 0 Å². The first-order chi connectivity index (χ1) is 8.70. The molecule has 0 aliphatic rings. The van der Waals surface area contributed by atoms with Gasteiger partial charge in [-0.05, 0) is 22.0 Å². The zero-order chi connectivity index (χ0) is 14.4. The maximum atomic E-state index is 12.5. The molecule has 2 heterocycles. The van der Waals surface area contributed by atoms with Crippen LogP contribution in [0.1, 0.15) is 22.2 Å². The minimum Gasteiger partial charge on any atom is -0.476 e. The highest BCUT2D eigenvalue weighted by Gasteiger charge is 2.41. The quantitative estimate of drug-likeness (QED) is 0.881. The summed E-state index contributed by atoms with van der Waals surface area (Å²) in [5, 5.41) is 18.1. The summed E-state index contributed by atoms with van der Waals surface area (Å²) < 4.78 is 39.0. The van der Waals surface area contributed by atoms with Gasteiger partial charge >= 0.3 is 12.1 Å². The first kappa shape index (κ1) is 13.8. The summed E-state index contributed by atoms with van der Waals surface area (Å²) in [6.07, 6.45) is -5.19. The Morgan fingerprint density at radius 3 is 2.58 bits per heavy atom. The molecule has 19 heavy (non-hydrogen) atoms. The van der Waals surface area contributed by atoms with E-state index in [1.165, 1.54) is 6.20 Å². The van der Waals surface area contributed by atoms with Crippen molar-refractivity contribution in [1.29, 1.82) is 0 Å². The van der Waals surface area contributed by atoms with Crippen molar-refractivity contribution >= 4 is 27.5 Å². The van der Waals surface area contributed by atoms with Gasteiger partial charge in [0.2, 0.25) is 0 Å².